The Hall–Kier alpha value is -2.93. The fraction of sp³-hybridized carbons (Fsp3) is 0.167. The Morgan fingerprint density at radius 1 is 1.23 bits per heavy atom. The summed E-state index contributed by atoms with van der Waals surface area (Å²) >= 11 is 0. The first-order valence-corrected chi connectivity index (χ1v) is 6.93. The molecule has 0 saturated heterocycles. The second-order valence-corrected chi connectivity index (χ2v) is 5.55. The Bertz CT molecular complexity index is 865. The molecule has 1 aliphatic heterocycles. The number of para-hydroxylation sites is 1. The topological polar surface area (TPSA) is 63.0 Å². The van der Waals surface area contributed by atoms with Crippen LogP contribution >= 0.6 is 0 Å². The predicted molar refractivity (Wildman–Crippen MR) is 83.6 cm³/mol. The number of pyridine rings is 1. The highest BCUT2D eigenvalue weighted by atomic mass is 16.6. The van der Waals surface area contributed by atoms with Gasteiger partial charge in [0.15, 0.2) is 0 Å². The van der Waals surface area contributed by atoms with Crippen LogP contribution in [0.25, 0.3) is 17.0 Å². The lowest BCUT2D eigenvalue weighted by molar-refractivity contribution is -0.144. The standard InChI is InChI=1S/C18H14N2O2/c1-18(2)15(14(11-19)17(21)22-18)8-7-12-9-10-20-16-6-4-3-5-13(12)16/h3-10H,1-2H3/b8-7+. The van der Waals surface area contributed by atoms with Gasteiger partial charge in [0.2, 0.25) is 0 Å². The summed E-state index contributed by atoms with van der Waals surface area (Å²) in [6.45, 7) is 3.55. The third kappa shape index (κ3) is 2.27. The quantitative estimate of drug-likeness (QED) is 0.795. The largest absolute Gasteiger partial charge is 0.451 e. The number of hydrogen-bond donors (Lipinski definition) is 0. The monoisotopic (exact) mass is 290 g/mol. The van der Waals surface area contributed by atoms with E-state index < -0.39 is 11.6 Å². The Kier molecular flexibility index (Phi) is 3.26. The van der Waals surface area contributed by atoms with Crippen LogP contribution in [-0.2, 0) is 9.53 Å². The maximum absolute atomic E-state index is 11.7. The van der Waals surface area contributed by atoms with E-state index in [9.17, 15) is 4.79 Å². The van der Waals surface area contributed by atoms with Gasteiger partial charge in [0.05, 0.1) is 5.52 Å². The van der Waals surface area contributed by atoms with Gasteiger partial charge in [-0.3, -0.25) is 4.98 Å². The van der Waals surface area contributed by atoms with E-state index in [2.05, 4.69) is 4.98 Å². The van der Waals surface area contributed by atoms with E-state index in [4.69, 9.17) is 10.00 Å². The number of benzene rings is 1. The highest BCUT2D eigenvalue weighted by Gasteiger charge is 2.39. The van der Waals surface area contributed by atoms with Crippen molar-refractivity contribution in [1.82, 2.24) is 4.98 Å². The number of fused-ring (bicyclic) bond motifs is 1. The summed E-state index contributed by atoms with van der Waals surface area (Å²) in [7, 11) is 0. The van der Waals surface area contributed by atoms with E-state index in [0.29, 0.717) is 5.57 Å². The van der Waals surface area contributed by atoms with Crippen LogP contribution in [0.1, 0.15) is 19.4 Å². The molecule has 0 fully saturated rings. The number of nitriles is 1. The van der Waals surface area contributed by atoms with Crippen LogP contribution in [0, 0.1) is 11.3 Å². The molecule has 3 rings (SSSR count). The van der Waals surface area contributed by atoms with Gasteiger partial charge in [0.1, 0.15) is 17.2 Å². The molecule has 1 aliphatic rings. The molecule has 0 atom stereocenters. The predicted octanol–water partition coefficient (Wildman–Crippen LogP) is 3.40. The first kappa shape index (κ1) is 14.0. The molecule has 4 heteroatoms. The van der Waals surface area contributed by atoms with Gasteiger partial charge in [-0.05, 0) is 31.5 Å². The van der Waals surface area contributed by atoms with Gasteiger partial charge in [0, 0.05) is 17.2 Å². The smallest absolute Gasteiger partial charge is 0.350 e. The number of aromatic nitrogens is 1. The third-order valence-corrected chi connectivity index (χ3v) is 3.69. The van der Waals surface area contributed by atoms with Crippen LogP contribution in [-0.4, -0.2) is 16.6 Å². The highest BCUT2D eigenvalue weighted by Crippen LogP contribution is 2.33. The first-order valence-electron chi connectivity index (χ1n) is 6.93. The molecule has 0 bridgehead atoms. The lowest BCUT2D eigenvalue weighted by Gasteiger charge is -2.18. The van der Waals surface area contributed by atoms with E-state index in [1.165, 1.54) is 0 Å². The van der Waals surface area contributed by atoms with Crippen molar-refractivity contribution in [2.45, 2.75) is 19.4 Å². The fourth-order valence-electron chi connectivity index (χ4n) is 2.58. The molecule has 0 saturated carbocycles. The van der Waals surface area contributed by atoms with Crippen LogP contribution in [0.5, 0.6) is 0 Å². The molecule has 108 valence electrons. The van der Waals surface area contributed by atoms with Crippen molar-refractivity contribution in [2.75, 3.05) is 0 Å². The average Bonchev–Trinajstić information content (AvgIpc) is 2.72. The van der Waals surface area contributed by atoms with E-state index in [1.807, 2.05) is 42.5 Å². The van der Waals surface area contributed by atoms with E-state index in [1.54, 1.807) is 26.1 Å². The molecule has 0 spiro atoms. The molecule has 0 radical (unpaired) electrons. The van der Waals surface area contributed by atoms with Crippen LogP contribution in [0.2, 0.25) is 0 Å². The third-order valence-electron chi connectivity index (χ3n) is 3.69. The van der Waals surface area contributed by atoms with Gasteiger partial charge < -0.3 is 4.74 Å². The number of carbonyl (C=O) groups excluding carboxylic acids is 1. The molecular formula is C18H14N2O2. The molecule has 1 aromatic carbocycles. The molecular weight excluding hydrogens is 276 g/mol. The van der Waals surface area contributed by atoms with Gasteiger partial charge in [-0.25, -0.2) is 4.79 Å². The second kappa shape index (κ2) is 5.12. The highest BCUT2D eigenvalue weighted by molar-refractivity contribution is 5.98. The molecule has 0 aliphatic carbocycles. The SMILES string of the molecule is CC1(C)OC(=O)C(C#N)=C1/C=C/c1ccnc2ccccc12. The number of ether oxygens (including phenoxy) is 1. The fourth-order valence-corrected chi connectivity index (χ4v) is 2.58. The maximum atomic E-state index is 11.7. The summed E-state index contributed by atoms with van der Waals surface area (Å²) in [6.07, 6.45) is 5.41. The zero-order valence-corrected chi connectivity index (χ0v) is 12.3. The minimum atomic E-state index is -0.790. The average molecular weight is 290 g/mol. The molecule has 1 aromatic heterocycles. The zero-order valence-electron chi connectivity index (χ0n) is 12.3. The molecule has 0 N–H and O–H groups in total. The van der Waals surface area contributed by atoms with Crippen LogP contribution in [0.3, 0.4) is 0 Å². The van der Waals surface area contributed by atoms with E-state index in [0.717, 1.165) is 16.5 Å². The number of carbonyl (C=O) groups is 1. The molecule has 22 heavy (non-hydrogen) atoms. The Labute approximate surface area is 128 Å². The number of nitrogens with zero attached hydrogens (tertiary/aromatic N) is 2. The van der Waals surface area contributed by atoms with Crippen molar-refractivity contribution in [2.24, 2.45) is 0 Å². The van der Waals surface area contributed by atoms with Gasteiger partial charge in [-0.15, -0.1) is 0 Å². The minimum Gasteiger partial charge on any atom is -0.451 e. The van der Waals surface area contributed by atoms with Crippen molar-refractivity contribution in [1.29, 1.82) is 5.26 Å². The Balaban J connectivity index is 2.09. The Morgan fingerprint density at radius 2 is 2.00 bits per heavy atom. The van der Waals surface area contributed by atoms with Crippen molar-refractivity contribution in [3.05, 3.63) is 59.3 Å². The van der Waals surface area contributed by atoms with E-state index in [-0.39, 0.29) is 5.57 Å². The number of cyclic esters (lactones) is 1. The minimum absolute atomic E-state index is 0.0691. The second-order valence-electron chi connectivity index (χ2n) is 5.55. The van der Waals surface area contributed by atoms with Gasteiger partial charge >= 0.3 is 5.97 Å². The first-order chi connectivity index (χ1) is 10.5. The van der Waals surface area contributed by atoms with Crippen molar-refractivity contribution >= 4 is 22.9 Å². The number of hydrogen-bond acceptors (Lipinski definition) is 4. The number of esters is 1. The summed E-state index contributed by atoms with van der Waals surface area (Å²) in [5, 5.41) is 10.2. The molecule has 0 amide bonds. The zero-order chi connectivity index (χ0) is 15.7. The lowest BCUT2D eigenvalue weighted by Crippen LogP contribution is -2.22. The van der Waals surface area contributed by atoms with E-state index >= 15 is 0 Å². The van der Waals surface area contributed by atoms with Crippen molar-refractivity contribution in [3.8, 4) is 6.07 Å². The van der Waals surface area contributed by atoms with Crippen LogP contribution < -0.4 is 0 Å². The van der Waals surface area contributed by atoms with Gasteiger partial charge in [-0.1, -0.05) is 30.4 Å². The molecule has 2 aromatic rings. The van der Waals surface area contributed by atoms with Crippen LogP contribution in [0.15, 0.2) is 53.8 Å². The number of rotatable bonds is 2. The van der Waals surface area contributed by atoms with Crippen molar-refractivity contribution < 1.29 is 9.53 Å². The van der Waals surface area contributed by atoms with Crippen LogP contribution in [0.4, 0.5) is 0 Å². The Morgan fingerprint density at radius 3 is 2.77 bits per heavy atom. The molecule has 0 unspecified atom stereocenters. The summed E-state index contributed by atoms with van der Waals surface area (Å²) < 4.78 is 5.24. The molecule has 2 heterocycles. The summed E-state index contributed by atoms with van der Waals surface area (Å²) in [4.78, 5) is 16.0. The van der Waals surface area contributed by atoms with Gasteiger partial charge in [0.25, 0.3) is 0 Å². The lowest BCUT2D eigenvalue weighted by atomic mass is 9.94. The van der Waals surface area contributed by atoms with Crippen molar-refractivity contribution in [3.63, 3.8) is 0 Å². The summed E-state index contributed by atoms with van der Waals surface area (Å²) in [5.41, 5.74) is 1.75. The molecule has 4 nitrogen and oxygen atoms in total. The van der Waals surface area contributed by atoms with Gasteiger partial charge in [-0.2, -0.15) is 5.26 Å². The maximum Gasteiger partial charge on any atom is 0.350 e. The summed E-state index contributed by atoms with van der Waals surface area (Å²) in [6, 6.07) is 11.7. The normalized spacial score (nSPS) is 17.0. The summed E-state index contributed by atoms with van der Waals surface area (Å²) in [5.74, 6) is -0.563.